The van der Waals surface area contributed by atoms with Gasteiger partial charge in [-0.25, -0.2) is 0 Å². The van der Waals surface area contributed by atoms with Gasteiger partial charge in [0.15, 0.2) is 11.5 Å². The van der Waals surface area contributed by atoms with Crippen molar-refractivity contribution in [1.82, 2.24) is 0 Å². The molecule has 0 aliphatic carbocycles. The van der Waals surface area contributed by atoms with Crippen LogP contribution in [0.5, 0.6) is 11.5 Å². The molecule has 0 aromatic heterocycles. The van der Waals surface area contributed by atoms with Gasteiger partial charge in [-0.15, -0.1) is 0 Å². The van der Waals surface area contributed by atoms with Gasteiger partial charge >= 0.3 is 0 Å². The third-order valence-electron chi connectivity index (χ3n) is 1.70. The molecule has 0 fully saturated rings. The monoisotopic (exact) mass is 215 g/mol. The number of hydrogen-bond acceptors (Lipinski definition) is 3. The SMILES string of the molecule is COc1c(CC#N)cc(Cl)c(O)c1F. The summed E-state index contributed by atoms with van der Waals surface area (Å²) >= 11 is 5.53. The summed E-state index contributed by atoms with van der Waals surface area (Å²) < 4.78 is 18.0. The number of hydrogen-bond donors (Lipinski definition) is 1. The molecule has 0 amide bonds. The molecule has 0 saturated heterocycles. The summed E-state index contributed by atoms with van der Waals surface area (Å²) in [6, 6.07) is 3.15. The molecule has 0 saturated carbocycles. The zero-order valence-corrected chi connectivity index (χ0v) is 8.10. The average molecular weight is 216 g/mol. The number of benzene rings is 1. The Hall–Kier alpha value is -1.47. The molecular weight excluding hydrogens is 209 g/mol. The lowest BCUT2D eigenvalue weighted by Crippen LogP contribution is -1.95. The fraction of sp³-hybridized carbons (Fsp3) is 0.222. The number of halogens is 2. The van der Waals surface area contributed by atoms with E-state index in [-0.39, 0.29) is 17.2 Å². The molecule has 0 aliphatic rings. The highest BCUT2D eigenvalue weighted by Crippen LogP contribution is 2.36. The lowest BCUT2D eigenvalue weighted by molar-refractivity contribution is 0.361. The van der Waals surface area contributed by atoms with Crippen LogP contribution in [0.25, 0.3) is 0 Å². The Balaban J connectivity index is 3.37. The van der Waals surface area contributed by atoms with E-state index in [1.165, 1.54) is 13.2 Å². The molecule has 0 heterocycles. The topological polar surface area (TPSA) is 53.2 Å². The number of ether oxygens (including phenoxy) is 1. The Kier molecular flexibility index (Phi) is 3.15. The van der Waals surface area contributed by atoms with E-state index < -0.39 is 11.6 Å². The number of rotatable bonds is 2. The fourth-order valence-electron chi connectivity index (χ4n) is 1.08. The van der Waals surface area contributed by atoms with E-state index in [1.807, 2.05) is 6.07 Å². The van der Waals surface area contributed by atoms with Crippen molar-refractivity contribution in [3.63, 3.8) is 0 Å². The van der Waals surface area contributed by atoms with Crippen LogP contribution in [0.2, 0.25) is 5.02 Å². The molecule has 0 aliphatic heterocycles. The Morgan fingerprint density at radius 1 is 1.71 bits per heavy atom. The Morgan fingerprint density at radius 2 is 2.36 bits per heavy atom. The maximum absolute atomic E-state index is 13.3. The van der Waals surface area contributed by atoms with Crippen molar-refractivity contribution in [2.45, 2.75) is 6.42 Å². The summed E-state index contributed by atoms with van der Waals surface area (Å²) in [5.41, 5.74) is 0.315. The van der Waals surface area contributed by atoms with Crippen LogP contribution in [-0.4, -0.2) is 12.2 Å². The van der Waals surface area contributed by atoms with Crippen molar-refractivity contribution in [3.8, 4) is 17.6 Å². The molecule has 0 spiro atoms. The van der Waals surface area contributed by atoms with E-state index in [1.54, 1.807) is 0 Å². The second kappa shape index (κ2) is 4.16. The first-order valence-electron chi connectivity index (χ1n) is 3.72. The van der Waals surface area contributed by atoms with Gasteiger partial charge in [-0.1, -0.05) is 11.6 Å². The van der Waals surface area contributed by atoms with Gasteiger partial charge < -0.3 is 9.84 Å². The van der Waals surface area contributed by atoms with Crippen molar-refractivity contribution >= 4 is 11.6 Å². The molecule has 1 N–H and O–H groups in total. The summed E-state index contributed by atoms with van der Waals surface area (Å²) in [5, 5.41) is 17.5. The molecule has 0 atom stereocenters. The third kappa shape index (κ3) is 1.73. The van der Waals surface area contributed by atoms with E-state index in [0.717, 1.165) is 0 Å². The number of nitriles is 1. The third-order valence-corrected chi connectivity index (χ3v) is 1.99. The minimum absolute atomic E-state index is 0.0277. The minimum atomic E-state index is -0.940. The quantitative estimate of drug-likeness (QED) is 0.823. The van der Waals surface area contributed by atoms with Gasteiger partial charge in [0.1, 0.15) is 0 Å². The van der Waals surface area contributed by atoms with Gasteiger partial charge in [0.2, 0.25) is 5.82 Å². The smallest absolute Gasteiger partial charge is 0.208 e. The summed E-state index contributed by atoms with van der Waals surface area (Å²) in [6.07, 6.45) is -0.0277. The van der Waals surface area contributed by atoms with Crippen molar-refractivity contribution in [1.29, 1.82) is 5.26 Å². The van der Waals surface area contributed by atoms with Gasteiger partial charge in [0, 0.05) is 5.56 Å². The van der Waals surface area contributed by atoms with E-state index in [2.05, 4.69) is 0 Å². The molecule has 74 valence electrons. The van der Waals surface area contributed by atoms with Gasteiger partial charge in [-0.2, -0.15) is 9.65 Å². The predicted octanol–water partition coefficient (Wildman–Crippen LogP) is 2.26. The summed E-state index contributed by atoms with van der Waals surface area (Å²) in [7, 11) is 1.26. The molecule has 1 rings (SSSR count). The highest BCUT2D eigenvalue weighted by atomic mass is 35.5. The summed E-state index contributed by atoms with van der Waals surface area (Å²) in [4.78, 5) is 0. The highest BCUT2D eigenvalue weighted by Gasteiger charge is 2.17. The molecule has 0 radical (unpaired) electrons. The first kappa shape index (κ1) is 10.6. The predicted molar refractivity (Wildman–Crippen MR) is 48.9 cm³/mol. The molecule has 14 heavy (non-hydrogen) atoms. The maximum atomic E-state index is 13.3. The standard InChI is InChI=1S/C9H7ClFNO2/c1-14-9-5(2-3-12)4-6(10)8(13)7(9)11/h4,13H,2H2,1H3. The average Bonchev–Trinajstić information content (AvgIpc) is 2.16. The molecule has 0 unspecified atom stereocenters. The molecule has 1 aromatic rings. The normalized spacial score (nSPS) is 9.57. The number of phenols is 1. The van der Waals surface area contributed by atoms with Gasteiger partial charge in [-0.05, 0) is 6.07 Å². The van der Waals surface area contributed by atoms with Gasteiger partial charge in [0.05, 0.1) is 24.6 Å². The van der Waals surface area contributed by atoms with E-state index in [4.69, 9.17) is 26.7 Å². The van der Waals surface area contributed by atoms with Crippen molar-refractivity contribution in [2.24, 2.45) is 0 Å². The van der Waals surface area contributed by atoms with Crippen molar-refractivity contribution in [2.75, 3.05) is 7.11 Å². The van der Waals surface area contributed by atoms with Crippen LogP contribution in [0, 0.1) is 17.1 Å². The Bertz CT molecular complexity index is 401. The van der Waals surface area contributed by atoms with E-state index in [0.29, 0.717) is 5.56 Å². The molecule has 1 aromatic carbocycles. The zero-order valence-electron chi connectivity index (χ0n) is 7.34. The van der Waals surface area contributed by atoms with Crippen LogP contribution < -0.4 is 4.74 Å². The van der Waals surface area contributed by atoms with Gasteiger partial charge in [0.25, 0.3) is 0 Å². The Labute approximate surface area is 85.3 Å². The lowest BCUT2D eigenvalue weighted by atomic mass is 10.1. The van der Waals surface area contributed by atoms with Crippen LogP contribution in [-0.2, 0) is 6.42 Å². The van der Waals surface area contributed by atoms with Crippen molar-refractivity contribution < 1.29 is 14.2 Å². The van der Waals surface area contributed by atoms with E-state index >= 15 is 0 Å². The molecule has 5 heteroatoms. The number of methoxy groups -OCH3 is 1. The van der Waals surface area contributed by atoms with Gasteiger partial charge in [-0.3, -0.25) is 0 Å². The second-order valence-electron chi connectivity index (χ2n) is 2.55. The second-order valence-corrected chi connectivity index (χ2v) is 2.96. The van der Waals surface area contributed by atoms with Crippen molar-refractivity contribution in [3.05, 3.63) is 22.5 Å². The highest BCUT2D eigenvalue weighted by molar-refractivity contribution is 6.32. The zero-order chi connectivity index (χ0) is 10.7. The van der Waals surface area contributed by atoms with Crippen LogP contribution >= 0.6 is 11.6 Å². The molecular formula is C9H7ClFNO2. The molecule has 0 bridgehead atoms. The Morgan fingerprint density at radius 3 is 2.86 bits per heavy atom. The number of aromatic hydroxyl groups is 1. The first-order valence-corrected chi connectivity index (χ1v) is 4.10. The largest absolute Gasteiger partial charge is 0.504 e. The molecule has 3 nitrogen and oxygen atoms in total. The maximum Gasteiger partial charge on any atom is 0.208 e. The minimum Gasteiger partial charge on any atom is -0.504 e. The first-order chi connectivity index (χ1) is 6.61. The summed E-state index contributed by atoms with van der Waals surface area (Å²) in [5.74, 6) is -1.75. The lowest BCUT2D eigenvalue weighted by Gasteiger charge is -2.09. The van der Waals surface area contributed by atoms with E-state index in [9.17, 15) is 4.39 Å². The number of nitrogens with zero attached hydrogens (tertiary/aromatic N) is 1. The van der Waals surface area contributed by atoms with Crippen LogP contribution in [0.1, 0.15) is 5.56 Å². The van der Waals surface area contributed by atoms with Crippen LogP contribution in [0.15, 0.2) is 6.07 Å². The van der Waals surface area contributed by atoms with Crippen LogP contribution in [0.3, 0.4) is 0 Å². The van der Waals surface area contributed by atoms with Crippen LogP contribution in [0.4, 0.5) is 4.39 Å². The number of phenolic OH excluding ortho intramolecular Hbond substituents is 1. The fourth-order valence-corrected chi connectivity index (χ4v) is 1.29. The summed E-state index contributed by atoms with van der Waals surface area (Å²) in [6.45, 7) is 0.